The van der Waals surface area contributed by atoms with Crippen LogP contribution in [0, 0.1) is 0 Å². The third-order valence-corrected chi connectivity index (χ3v) is 7.71. The maximum atomic E-state index is 8.93. The summed E-state index contributed by atoms with van der Waals surface area (Å²) >= 11 is 1.82. The number of aliphatic carboxylic acids is 2. The van der Waals surface area contributed by atoms with Crippen LogP contribution in [0.5, 0.6) is 0 Å². The molecule has 2 aliphatic heterocycles. The number of nitrogens with zero attached hydrogens (tertiary/aromatic N) is 3. The Balaban J connectivity index is 0.000000408. The Morgan fingerprint density at radius 1 is 1.03 bits per heavy atom. The van der Waals surface area contributed by atoms with Crippen molar-refractivity contribution in [1.82, 2.24) is 9.88 Å². The highest BCUT2D eigenvalue weighted by atomic mass is 32.1. The van der Waals surface area contributed by atoms with Crippen molar-refractivity contribution in [1.29, 1.82) is 0 Å². The summed E-state index contributed by atoms with van der Waals surface area (Å²) < 4.78 is 1.29. The van der Waals surface area contributed by atoms with Crippen molar-refractivity contribution in [2.24, 2.45) is 0 Å². The van der Waals surface area contributed by atoms with E-state index in [2.05, 4.69) is 83.6 Å². The molecule has 2 atom stereocenters. The molecule has 3 aromatic rings. The summed E-state index contributed by atoms with van der Waals surface area (Å²) in [5.41, 5.74) is 2.42. The average molecular weight is 478 g/mol. The number of para-hydroxylation sites is 1. The van der Waals surface area contributed by atoms with Crippen molar-refractivity contribution in [3.8, 4) is 0 Å². The van der Waals surface area contributed by atoms with E-state index in [1.807, 2.05) is 11.3 Å². The molecule has 0 N–H and O–H groups in total. The van der Waals surface area contributed by atoms with Gasteiger partial charge in [0.1, 0.15) is 0 Å². The first-order chi connectivity index (χ1) is 16.4. The van der Waals surface area contributed by atoms with Crippen LogP contribution in [0.4, 0.5) is 5.13 Å². The average Bonchev–Trinajstić information content (AvgIpc) is 3.37. The Morgan fingerprint density at radius 3 is 2.26 bits per heavy atom. The maximum absolute atomic E-state index is 8.93. The van der Waals surface area contributed by atoms with Crippen molar-refractivity contribution in [3.63, 3.8) is 0 Å². The third-order valence-electron chi connectivity index (χ3n) is 6.58. The number of carboxylic acid groups (broad SMARTS) is 2. The van der Waals surface area contributed by atoms with Crippen molar-refractivity contribution >= 4 is 44.7 Å². The molecule has 34 heavy (non-hydrogen) atoms. The molecule has 2 saturated heterocycles. The second-order valence-electron chi connectivity index (χ2n) is 8.67. The summed E-state index contributed by atoms with van der Waals surface area (Å²) in [5, 5.41) is 19.0. The lowest BCUT2D eigenvalue weighted by atomic mass is 9.96. The van der Waals surface area contributed by atoms with Gasteiger partial charge < -0.3 is 24.7 Å². The second-order valence-corrected chi connectivity index (χ2v) is 9.68. The van der Waals surface area contributed by atoms with E-state index in [0.29, 0.717) is 18.1 Å². The molecule has 178 valence electrons. The molecule has 0 amide bonds. The van der Waals surface area contributed by atoms with Crippen molar-refractivity contribution < 1.29 is 19.8 Å². The van der Waals surface area contributed by atoms with Gasteiger partial charge in [-0.3, -0.25) is 4.90 Å². The summed E-state index contributed by atoms with van der Waals surface area (Å²) in [6, 6.07) is 21.1. The van der Waals surface area contributed by atoms with Gasteiger partial charge in [0.05, 0.1) is 22.2 Å². The number of thiazole rings is 1. The zero-order chi connectivity index (χ0) is 24.1. The van der Waals surface area contributed by atoms with Gasteiger partial charge in [-0.25, -0.2) is 4.98 Å². The number of carboxylic acids is 2. The van der Waals surface area contributed by atoms with Gasteiger partial charge in [0, 0.05) is 31.7 Å². The lowest BCUT2D eigenvalue weighted by molar-refractivity contribution is -0.345. The summed E-state index contributed by atoms with van der Waals surface area (Å²) in [4.78, 5) is 27.9. The number of rotatable bonds is 5. The van der Waals surface area contributed by atoms with Gasteiger partial charge >= 0.3 is 0 Å². The van der Waals surface area contributed by atoms with Gasteiger partial charge in [-0.1, -0.05) is 66.0 Å². The number of benzene rings is 2. The Kier molecular flexibility index (Phi) is 7.59. The second kappa shape index (κ2) is 10.8. The van der Waals surface area contributed by atoms with Crippen LogP contribution in [0.25, 0.3) is 16.3 Å². The number of hydrogen-bond donors (Lipinski definition) is 0. The van der Waals surface area contributed by atoms with E-state index >= 15 is 0 Å². The molecular weight excluding hydrogens is 450 g/mol. The maximum Gasteiger partial charge on any atom is 0.186 e. The monoisotopic (exact) mass is 477 g/mol. The molecule has 3 heterocycles. The molecule has 0 radical (unpaired) electrons. The normalized spacial score (nSPS) is 21.9. The highest BCUT2D eigenvalue weighted by molar-refractivity contribution is 7.22. The number of anilines is 1. The predicted octanol–water partition coefficient (Wildman–Crippen LogP) is 1.93. The van der Waals surface area contributed by atoms with Crippen LogP contribution in [0.3, 0.4) is 0 Å². The smallest absolute Gasteiger partial charge is 0.186 e. The molecule has 8 heteroatoms. The number of carbonyl (C=O) groups is 2. The number of fused-ring (bicyclic) bond motifs is 3. The fourth-order valence-electron chi connectivity index (χ4n) is 4.90. The van der Waals surface area contributed by atoms with E-state index in [-0.39, 0.29) is 0 Å². The van der Waals surface area contributed by atoms with Crippen molar-refractivity contribution in [2.75, 3.05) is 18.5 Å². The van der Waals surface area contributed by atoms with Gasteiger partial charge in [0.15, 0.2) is 5.13 Å². The largest absolute Gasteiger partial charge is 0.543 e. The first-order valence-corrected chi connectivity index (χ1v) is 12.2. The van der Waals surface area contributed by atoms with Gasteiger partial charge in [-0.15, -0.1) is 0 Å². The van der Waals surface area contributed by atoms with Crippen molar-refractivity contribution in [2.45, 2.75) is 43.8 Å². The van der Waals surface area contributed by atoms with Crippen LogP contribution < -0.4 is 15.1 Å². The van der Waals surface area contributed by atoms with E-state index in [0.717, 1.165) is 12.1 Å². The number of aromatic nitrogens is 1. The number of piperidine rings is 1. The molecule has 2 aromatic carbocycles. The molecule has 2 fully saturated rings. The Bertz CT molecular complexity index is 1100. The van der Waals surface area contributed by atoms with E-state index in [1.165, 1.54) is 41.1 Å². The molecule has 2 bridgehead atoms. The van der Waals surface area contributed by atoms with E-state index in [9.17, 15) is 0 Å². The van der Waals surface area contributed by atoms with Crippen molar-refractivity contribution in [3.05, 3.63) is 66.2 Å². The molecule has 0 aliphatic carbocycles. The molecule has 0 spiro atoms. The summed E-state index contributed by atoms with van der Waals surface area (Å²) in [6.45, 7) is 1.07. The zero-order valence-electron chi connectivity index (χ0n) is 19.0. The molecule has 1 aromatic heterocycles. The van der Waals surface area contributed by atoms with Gasteiger partial charge in [-0.05, 0) is 43.4 Å². The number of carbonyl (C=O) groups excluding carboxylic acids is 2. The summed E-state index contributed by atoms with van der Waals surface area (Å²) in [6.07, 6.45) is 9.79. The Hall–Kier alpha value is -3.23. The summed E-state index contributed by atoms with van der Waals surface area (Å²) in [7, 11) is 2.24. The molecule has 2 aliphatic rings. The van der Waals surface area contributed by atoms with Crippen LogP contribution in [0.15, 0.2) is 60.7 Å². The molecule has 7 nitrogen and oxygen atoms in total. The first-order valence-electron chi connectivity index (χ1n) is 11.4. The fraction of sp³-hybridized carbons (Fsp3) is 0.346. The standard InChI is InChI=1S/C24H27N3S.C2H2O4/c1-26(24-25-22-11-5-6-12-23(22)28-24)21-16-19-13-14-20(17-21)27(19)15-7-10-18-8-3-2-4-9-18;3-1(4)2(5)6/h2-12,19-21H,13-17H2,1H3;(H,3,4)(H,5,6)/p-2/b10-7+;. The lowest BCUT2D eigenvalue weighted by Gasteiger charge is -2.41. The minimum Gasteiger partial charge on any atom is -0.543 e. The van der Waals surface area contributed by atoms with Gasteiger partial charge in [0.25, 0.3) is 0 Å². The van der Waals surface area contributed by atoms with Gasteiger partial charge in [0.2, 0.25) is 0 Å². The van der Waals surface area contributed by atoms with Crippen LogP contribution in [0.2, 0.25) is 0 Å². The molecule has 2 unspecified atom stereocenters. The van der Waals surface area contributed by atoms with E-state index in [4.69, 9.17) is 24.8 Å². The predicted molar refractivity (Wildman–Crippen MR) is 130 cm³/mol. The van der Waals surface area contributed by atoms with Crippen LogP contribution in [0.1, 0.15) is 31.2 Å². The van der Waals surface area contributed by atoms with E-state index < -0.39 is 11.9 Å². The number of hydrogen-bond acceptors (Lipinski definition) is 8. The molecule has 0 saturated carbocycles. The Labute approximate surface area is 203 Å². The molecular formula is C26H27N3O4S-2. The topological polar surface area (TPSA) is 99.6 Å². The Morgan fingerprint density at radius 2 is 1.65 bits per heavy atom. The zero-order valence-corrected chi connectivity index (χ0v) is 19.8. The SMILES string of the molecule is CN(c1nc2ccccc2s1)C1CC2CCC(C1)N2C/C=C/c1ccccc1.O=C([O-])C(=O)[O-]. The van der Waals surface area contributed by atoms with Crippen LogP contribution in [-0.4, -0.2) is 53.5 Å². The van der Waals surface area contributed by atoms with Crippen LogP contribution >= 0.6 is 11.3 Å². The third kappa shape index (κ3) is 5.63. The van der Waals surface area contributed by atoms with E-state index in [1.54, 1.807) is 0 Å². The van der Waals surface area contributed by atoms with Gasteiger partial charge in [-0.2, -0.15) is 0 Å². The first kappa shape index (κ1) is 23.9. The minimum atomic E-state index is -2.19. The minimum absolute atomic E-state index is 0.604. The summed E-state index contributed by atoms with van der Waals surface area (Å²) in [5.74, 6) is -4.37. The highest BCUT2D eigenvalue weighted by Gasteiger charge is 2.41. The lowest BCUT2D eigenvalue weighted by Crippen LogP contribution is -2.49. The molecule has 5 rings (SSSR count). The van der Waals surface area contributed by atoms with Crippen LogP contribution in [-0.2, 0) is 9.59 Å². The highest BCUT2D eigenvalue weighted by Crippen LogP contribution is 2.39. The fourth-order valence-corrected chi connectivity index (χ4v) is 5.90. The quantitative estimate of drug-likeness (QED) is 0.518.